The van der Waals surface area contributed by atoms with Crippen molar-refractivity contribution in [2.75, 3.05) is 26.2 Å². The van der Waals surface area contributed by atoms with Crippen LogP contribution < -0.4 is 4.74 Å². The van der Waals surface area contributed by atoms with Crippen LogP contribution in [0.2, 0.25) is 5.02 Å². The van der Waals surface area contributed by atoms with E-state index < -0.39 is 0 Å². The van der Waals surface area contributed by atoms with E-state index in [4.69, 9.17) is 16.3 Å². The first-order valence-electron chi connectivity index (χ1n) is 12.4. The van der Waals surface area contributed by atoms with Gasteiger partial charge in [0.2, 0.25) is 11.8 Å². The summed E-state index contributed by atoms with van der Waals surface area (Å²) in [6, 6.07) is 7.38. The molecule has 2 aliphatic rings. The highest BCUT2D eigenvalue weighted by atomic mass is 35.5. The minimum absolute atomic E-state index is 0.0498. The van der Waals surface area contributed by atoms with Gasteiger partial charge in [-0.25, -0.2) is 0 Å². The van der Waals surface area contributed by atoms with Gasteiger partial charge in [0.15, 0.2) is 0 Å². The fraction of sp³-hybridized carbons (Fsp3) is 0.577. The minimum Gasteiger partial charge on any atom is -0.490 e. The van der Waals surface area contributed by atoms with Crippen molar-refractivity contribution in [3.63, 3.8) is 0 Å². The number of aromatic nitrogens is 2. The van der Waals surface area contributed by atoms with Crippen LogP contribution in [0.3, 0.4) is 0 Å². The first kappa shape index (κ1) is 24.6. The number of carbonyl (C=O) groups is 2. The van der Waals surface area contributed by atoms with Gasteiger partial charge in [-0.05, 0) is 56.4 Å². The lowest BCUT2D eigenvalue weighted by atomic mass is 9.90. The number of ether oxygens (including phenoxy) is 1. The Hall–Kier alpha value is -2.54. The van der Waals surface area contributed by atoms with E-state index in [9.17, 15) is 9.59 Å². The Morgan fingerprint density at radius 2 is 1.91 bits per heavy atom. The number of hydrogen-bond acceptors (Lipinski definition) is 4. The molecule has 1 aromatic heterocycles. The summed E-state index contributed by atoms with van der Waals surface area (Å²) in [6.07, 6.45) is 7.25. The number of hydrogen-bond donors (Lipinski definition) is 0. The summed E-state index contributed by atoms with van der Waals surface area (Å²) in [5.74, 6) is 0.954. The summed E-state index contributed by atoms with van der Waals surface area (Å²) in [6.45, 7) is 4.85. The second kappa shape index (κ2) is 11.3. The maximum absolute atomic E-state index is 13.1. The molecule has 4 rings (SSSR count). The van der Waals surface area contributed by atoms with Crippen LogP contribution in [0.1, 0.15) is 49.8 Å². The van der Waals surface area contributed by atoms with Crippen molar-refractivity contribution in [1.82, 2.24) is 19.6 Å². The van der Waals surface area contributed by atoms with Crippen LogP contribution in [0, 0.1) is 12.8 Å². The minimum atomic E-state index is -0.128. The van der Waals surface area contributed by atoms with Crippen molar-refractivity contribution >= 4 is 23.4 Å². The summed E-state index contributed by atoms with van der Waals surface area (Å²) in [5, 5.41) is 4.90. The highest BCUT2D eigenvalue weighted by Gasteiger charge is 2.35. The van der Waals surface area contributed by atoms with Gasteiger partial charge in [-0.15, -0.1) is 0 Å². The molecule has 2 fully saturated rings. The van der Waals surface area contributed by atoms with E-state index in [0.717, 1.165) is 37.2 Å². The van der Waals surface area contributed by atoms with Crippen molar-refractivity contribution < 1.29 is 14.3 Å². The summed E-state index contributed by atoms with van der Waals surface area (Å²) in [7, 11) is 1.91. The van der Waals surface area contributed by atoms with Gasteiger partial charge in [0, 0.05) is 69.1 Å². The number of halogens is 1. The van der Waals surface area contributed by atoms with Gasteiger partial charge in [0.05, 0.1) is 6.20 Å². The van der Waals surface area contributed by atoms with Gasteiger partial charge in [0.25, 0.3) is 0 Å². The number of nitrogens with zero attached hydrogens (tertiary/aromatic N) is 4. The van der Waals surface area contributed by atoms with Gasteiger partial charge in [-0.3, -0.25) is 14.3 Å². The number of carbonyl (C=O) groups excluding carboxylic acids is 2. The molecule has 0 N–H and O–H groups in total. The fourth-order valence-electron chi connectivity index (χ4n) is 4.99. The normalized spacial score (nSPS) is 20.9. The predicted molar refractivity (Wildman–Crippen MR) is 132 cm³/mol. The monoisotopic (exact) mass is 486 g/mol. The Morgan fingerprint density at radius 1 is 1.12 bits per heavy atom. The Bertz CT molecular complexity index is 1000. The summed E-state index contributed by atoms with van der Waals surface area (Å²) in [4.78, 5) is 30.1. The van der Waals surface area contributed by atoms with E-state index in [1.807, 2.05) is 52.8 Å². The van der Waals surface area contributed by atoms with Gasteiger partial charge in [0.1, 0.15) is 11.9 Å². The van der Waals surface area contributed by atoms with Gasteiger partial charge >= 0.3 is 0 Å². The quantitative estimate of drug-likeness (QED) is 0.593. The zero-order valence-corrected chi connectivity index (χ0v) is 21.0. The predicted octanol–water partition coefficient (Wildman–Crippen LogP) is 4.01. The number of likely N-dealkylation sites (tertiary alicyclic amines) is 2. The highest BCUT2D eigenvalue weighted by molar-refractivity contribution is 6.30. The number of aryl methyl sites for hydroxylation is 2. The molecule has 0 spiro atoms. The Balaban J connectivity index is 1.41. The lowest BCUT2D eigenvalue weighted by molar-refractivity contribution is -0.139. The molecule has 2 saturated heterocycles. The van der Waals surface area contributed by atoms with E-state index in [2.05, 4.69) is 5.10 Å². The molecule has 8 heteroatoms. The van der Waals surface area contributed by atoms with E-state index >= 15 is 0 Å². The van der Waals surface area contributed by atoms with E-state index in [1.165, 1.54) is 6.42 Å². The molecule has 0 saturated carbocycles. The van der Waals surface area contributed by atoms with E-state index in [-0.39, 0.29) is 23.8 Å². The zero-order valence-electron chi connectivity index (χ0n) is 20.2. The van der Waals surface area contributed by atoms with Crippen molar-refractivity contribution in [2.24, 2.45) is 13.0 Å². The molecule has 0 unspecified atom stereocenters. The molecule has 1 aromatic carbocycles. The molecule has 34 heavy (non-hydrogen) atoms. The summed E-state index contributed by atoms with van der Waals surface area (Å²) in [5.41, 5.74) is 2.19. The van der Waals surface area contributed by atoms with Crippen molar-refractivity contribution in [3.8, 4) is 5.75 Å². The van der Waals surface area contributed by atoms with E-state index in [1.54, 1.807) is 6.07 Å². The van der Waals surface area contributed by atoms with Crippen LogP contribution in [0.4, 0.5) is 0 Å². The van der Waals surface area contributed by atoms with Crippen molar-refractivity contribution in [1.29, 1.82) is 0 Å². The molecular formula is C26H35ClN4O3. The first-order valence-corrected chi connectivity index (χ1v) is 12.7. The number of benzene rings is 1. The lowest BCUT2D eigenvalue weighted by Gasteiger charge is -2.39. The van der Waals surface area contributed by atoms with Gasteiger partial charge in [-0.2, -0.15) is 5.10 Å². The maximum atomic E-state index is 13.1. The Labute approximate surface area is 207 Å². The second-order valence-electron chi connectivity index (χ2n) is 9.53. The van der Waals surface area contributed by atoms with Crippen LogP contribution in [-0.4, -0.2) is 63.7 Å². The average Bonchev–Trinajstić information content (AvgIpc) is 3.16. The molecule has 184 valence electrons. The van der Waals surface area contributed by atoms with Crippen LogP contribution in [-0.2, 0) is 23.1 Å². The smallest absolute Gasteiger partial charge is 0.223 e. The van der Waals surface area contributed by atoms with Crippen molar-refractivity contribution in [3.05, 3.63) is 46.7 Å². The van der Waals surface area contributed by atoms with E-state index in [0.29, 0.717) is 49.5 Å². The maximum Gasteiger partial charge on any atom is 0.223 e. The molecule has 3 heterocycles. The Kier molecular flexibility index (Phi) is 8.14. The number of rotatable bonds is 7. The third-order valence-electron chi connectivity index (χ3n) is 7.19. The standard InChI is InChI=1S/C26H35ClN4O3/c1-19-20(17-28-29(19)2)9-10-25(32)31-14-11-24(34-23-8-6-7-22(27)16-23)21(18-31)15-26(33)30-12-4-3-5-13-30/h6-8,16-17,21,24H,3-5,9-15,18H2,1-2H3/t21-,24-/m0/s1. The van der Waals surface area contributed by atoms with Crippen LogP contribution in [0.5, 0.6) is 5.75 Å². The van der Waals surface area contributed by atoms with Gasteiger partial charge < -0.3 is 14.5 Å². The molecule has 2 aliphatic heterocycles. The van der Waals surface area contributed by atoms with Gasteiger partial charge in [-0.1, -0.05) is 17.7 Å². The molecule has 2 atom stereocenters. The fourth-order valence-corrected chi connectivity index (χ4v) is 5.17. The zero-order chi connectivity index (χ0) is 24.1. The summed E-state index contributed by atoms with van der Waals surface area (Å²) >= 11 is 6.15. The third-order valence-corrected chi connectivity index (χ3v) is 7.43. The number of piperidine rings is 2. The molecule has 0 aliphatic carbocycles. The third kappa shape index (κ3) is 6.12. The first-order chi connectivity index (χ1) is 16.4. The molecule has 7 nitrogen and oxygen atoms in total. The average molecular weight is 487 g/mol. The van der Waals surface area contributed by atoms with Crippen LogP contribution >= 0.6 is 11.6 Å². The van der Waals surface area contributed by atoms with Crippen LogP contribution in [0.25, 0.3) is 0 Å². The largest absolute Gasteiger partial charge is 0.490 e. The highest BCUT2D eigenvalue weighted by Crippen LogP contribution is 2.28. The molecule has 0 radical (unpaired) electrons. The molecule has 0 bridgehead atoms. The van der Waals surface area contributed by atoms with Crippen LogP contribution in [0.15, 0.2) is 30.5 Å². The lowest BCUT2D eigenvalue weighted by Crippen LogP contribution is -2.50. The molecule has 2 amide bonds. The Morgan fingerprint density at radius 3 is 2.62 bits per heavy atom. The second-order valence-corrected chi connectivity index (χ2v) is 9.96. The SMILES string of the molecule is Cc1c(CCC(=O)N2CC[C@H](Oc3cccc(Cl)c3)[C@@H](CC(=O)N3CCCCC3)C2)cnn1C. The molecular weight excluding hydrogens is 452 g/mol. The summed E-state index contributed by atoms with van der Waals surface area (Å²) < 4.78 is 8.14. The number of amides is 2. The molecule has 2 aromatic rings. The topological polar surface area (TPSA) is 67.7 Å². The van der Waals surface area contributed by atoms with Crippen molar-refractivity contribution in [2.45, 2.75) is 58.0 Å².